The molecule has 0 spiro atoms. The summed E-state index contributed by atoms with van der Waals surface area (Å²) in [7, 11) is 0. The number of halogens is 1. The van der Waals surface area contributed by atoms with Crippen LogP contribution in [0.15, 0.2) is 16.9 Å². The standard InChI is InChI=1S/C29H28FN3O6/c1-3-29(38)18-8-22-25-16(10-33(22)27(36)17(18)11-39-28(29)37)24-20(32-26(35)13-6-14(34)7-13)5-4-15-12(2)19(30)9-21(31-25)23(15)24/h8-9,13-14,20,34,38H,3-7,10-11H2,1-2H3,(H,32,35)/t13-,14-,20-,29-/m0/s1. The third kappa shape index (κ3) is 3.24. The van der Waals surface area contributed by atoms with Gasteiger partial charge in [0.2, 0.25) is 5.91 Å². The molecule has 10 heteroatoms. The number of fused-ring (bicyclic) bond motifs is 5. The SMILES string of the molecule is CC[C@@]1(O)C(=O)OCc2c1cc1n(c2=O)Cc2c-1nc1cc(F)c(C)c3c1c2[C@@H](NC(=O)[C@H]1C[C@H](O)C1)CC3. The summed E-state index contributed by atoms with van der Waals surface area (Å²) in [5, 5.41) is 24.8. The van der Waals surface area contributed by atoms with Gasteiger partial charge in [-0.05, 0) is 61.8 Å². The van der Waals surface area contributed by atoms with Gasteiger partial charge in [0.15, 0.2) is 5.60 Å². The van der Waals surface area contributed by atoms with Crippen molar-refractivity contribution in [2.45, 2.75) is 76.9 Å². The van der Waals surface area contributed by atoms with E-state index in [4.69, 9.17) is 9.72 Å². The molecule has 1 fully saturated rings. The van der Waals surface area contributed by atoms with Crippen molar-refractivity contribution in [2.24, 2.45) is 5.92 Å². The van der Waals surface area contributed by atoms with E-state index < -0.39 is 17.7 Å². The van der Waals surface area contributed by atoms with Crippen LogP contribution in [0.1, 0.15) is 72.0 Å². The number of ether oxygens (including phenoxy) is 1. The molecular formula is C29H28FN3O6. The lowest BCUT2D eigenvalue weighted by molar-refractivity contribution is -0.172. The van der Waals surface area contributed by atoms with Crippen LogP contribution < -0.4 is 10.9 Å². The fourth-order valence-electron chi connectivity index (χ4n) is 6.79. The van der Waals surface area contributed by atoms with Crippen LogP contribution >= 0.6 is 0 Å². The van der Waals surface area contributed by atoms with E-state index in [-0.39, 0.29) is 59.9 Å². The van der Waals surface area contributed by atoms with Crippen molar-refractivity contribution in [3.63, 3.8) is 0 Å². The van der Waals surface area contributed by atoms with Gasteiger partial charge in [-0.2, -0.15) is 0 Å². The molecule has 9 nitrogen and oxygen atoms in total. The van der Waals surface area contributed by atoms with E-state index in [9.17, 15) is 24.6 Å². The predicted molar refractivity (Wildman–Crippen MR) is 137 cm³/mol. The minimum absolute atomic E-state index is 0.0306. The average Bonchev–Trinajstić information content (AvgIpc) is 3.27. The highest BCUT2D eigenvalue weighted by atomic mass is 19.1. The second-order valence-electron chi connectivity index (χ2n) is 11.2. The first kappa shape index (κ1) is 24.4. The second kappa shape index (κ2) is 8.19. The molecule has 1 amide bonds. The molecule has 4 heterocycles. The molecule has 0 radical (unpaired) electrons. The van der Waals surface area contributed by atoms with Crippen LogP contribution in [0.3, 0.4) is 0 Å². The highest BCUT2D eigenvalue weighted by Gasteiger charge is 2.46. The highest BCUT2D eigenvalue weighted by Crippen LogP contribution is 2.46. The maximum absolute atomic E-state index is 15.0. The van der Waals surface area contributed by atoms with E-state index in [0.29, 0.717) is 48.2 Å². The Labute approximate surface area is 222 Å². The molecule has 3 aromatic rings. The van der Waals surface area contributed by atoms with E-state index in [1.807, 2.05) is 0 Å². The Bertz CT molecular complexity index is 1690. The minimum Gasteiger partial charge on any atom is -0.458 e. The van der Waals surface area contributed by atoms with Gasteiger partial charge in [-0.3, -0.25) is 9.59 Å². The number of benzene rings is 1. The lowest BCUT2D eigenvalue weighted by atomic mass is 9.79. The van der Waals surface area contributed by atoms with Crippen molar-refractivity contribution in [3.05, 3.63) is 61.7 Å². The Hall–Kier alpha value is -3.63. The number of pyridine rings is 2. The Morgan fingerprint density at radius 3 is 2.74 bits per heavy atom. The zero-order chi connectivity index (χ0) is 27.4. The summed E-state index contributed by atoms with van der Waals surface area (Å²) >= 11 is 0. The molecule has 0 unspecified atom stereocenters. The topological polar surface area (TPSA) is 131 Å². The van der Waals surface area contributed by atoms with E-state index in [1.54, 1.807) is 24.5 Å². The fraction of sp³-hybridized carbons (Fsp3) is 0.448. The van der Waals surface area contributed by atoms with Crippen LogP contribution in [-0.4, -0.2) is 37.7 Å². The summed E-state index contributed by atoms with van der Waals surface area (Å²) in [6, 6.07) is 2.66. The number of aliphatic hydroxyl groups is 2. The molecule has 202 valence electrons. The Morgan fingerprint density at radius 1 is 1.26 bits per heavy atom. The summed E-state index contributed by atoms with van der Waals surface area (Å²) in [4.78, 5) is 44.1. The number of nitrogens with one attached hydrogen (secondary N) is 1. The quantitative estimate of drug-likeness (QED) is 0.345. The van der Waals surface area contributed by atoms with Crippen LogP contribution in [0.4, 0.5) is 4.39 Å². The van der Waals surface area contributed by atoms with Gasteiger partial charge >= 0.3 is 5.97 Å². The summed E-state index contributed by atoms with van der Waals surface area (Å²) in [5.74, 6) is -1.55. The lowest BCUT2D eigenvalue weighted by Crippen LogP contribution is -2.44. The average molecular weight is 534 g/mol. The first-order chi connectivity index (χ1) is 18.6. The normalized spacial score (nSPS) is 26.4. The van der Waals surface area contributed by atoms with Gasteiger partial charge in [0.25, 0.3) is 5.56 Å². The molecule has 0 bridgehead atoms. The lowest BCUT2D eigenvalue weighted by Gasteiger charge is -2.34. The summed E-state index contributed by atoms with van der Waals surface area (Å²) < 4.78 is 21.7. The number of aliphatic hydroxyl groups excluding tert-OH is 1. The summed E-state index contributed by atoms with van der Waals surface area (Å²) in [5.41, 5.74) is 2.45. The maximum Gasteiger partial charge on any atom is 0.343 e. The first-order valence-corrected chi connectivity index (χ1v) is 13.4. The number of cyclic esters (lactones) is 1. The number of aromatic nitrogens is 2. The minimum atomic E-state index is -1.95. The third-order valence-corrected chi connectivity index (χ3v) is 9.18. The van der Waals surface area contributed by atoms with Gasteiger partial charge in [-0.15, -0.1) is 0 Å². The van der Waals surface area contributed by atoms with Gasteiger partial charge < -0.3 is 24.8 Å². The van der Waals surface area contributed by atoms with E-state index >= 15 is 4.39 Å². The number of nitrogens with zero attached hydrogens (tertiary/aromatic N) is 2. The predicted octanol–water partition coefficient (Wildman–Crippen LogP) is 2.40. The monoisotopic (exact) mass is 533 g/mol. The van der Waals surface area contributed by atoms with Crippen LogP contribution in [0.2, 0.25) is 0 Å². The molecule has 2 aliphatic carbocycles. The maximum atomic E-state index is 15.0. The molecule has 2 aliphatic heterocycles. The van der Waals surface area contributed by atoms with Crippen molar-refractivity contribution in [2.75, 3.05) is 0 Å². The van der Waals surface area contributed by atoms with E-state index in [2.05, 4.69) is 5.32 Å². The smallest absolute Gasteiger partial charge is 0.343 e. The number of carbonyl (C=O) groups excluding carboxylic acids is 2. The van der Waals surface area contributed by atoms with Gasteiger partial charge in [-0.25, -0.2) is 14.2 Å². The Kier molecular flexibility index (Phi) is 5.13. The summed E-state index contributed by atoms with van der Waals surface area (Å²) in [6.45, 7) is 3.35. The van der Waals surface area contributed by atoms with Crippen LogP contribution in [0.5, 0.6) is 0 Å². The number of hydrogen-bond acceptors (Lipinski definition) is 7. The van der Waals surface area contributed by atoms with Crippen LogP contribution in [0.25, 0.3) is 22.3 Å². The molecule has 7 rings (SSSR count). The van der Waals surface area contributed by atoms with Crippen molar-refractivity contribution in [3.8, 4) is 11.4 Å². The molecule has 39 heavy (non-hydrogen) atoms. The zero-order valence-electron chi connectivity index (χ0n) is 21.6. The number of hydrogen-bond donors (Lipinski definition) is 3. The highest BCUT2D eigenvalue weighted by molar-refractivity contribution is 5.94. The fourth-order valence-corrected chi connectivity index (χ4v) is 6.79. The molecular weight excluding hydrogens is 505 g/mol. The van der Waals surface area contributed by atoms with Gasteiger partial charge in [0.1, 0.15) is 12.4 Å². The van der Waals surface area contributed by atoms with Gasteiger partial charge in [0, 0.05) is 28.5 Å². The van der Waals surface area contributed by atoms with Gasteiger partial charge in [0.05, 0.1) is 41.2 Å². The number of rotatable bonds is 3. The molecule has 0 saturated heterocycles. The molecule has 4 aliphatic rings. The molecule has 2 atom stereocenters. The third-order valence-electron chi connectivity index (χ3n) is 9.18. The molecule has 3 N–H and O–H groups in total. The molecule has 1 saturated carbocycles. The molecule has 2 aromatic heterocycles. The van der Waals surface area contributed by atoms with Crippen molar-refractivity contribution in [1.29, 1.82) is 0 Å². The number of amides is 1. The van der Waals surface area contributed by atoms with Crippen molar-refractivity contribution < 1.29 is 28.9 Å². The van der Waals surface area contributed by atoms with Crippen LogP contribution in [-0.2, 0) is 39.5 Å². The first-order valence-electron chi connectivity index (χ1n) is 13.4. The van der Waals surface area contributed by atoms with Crippen molar-refractivity contribution >= 4 is 22.8 Å². The number of aryl methyl sites for hydroxylation is 1. The number of esters is 1. The van der Waals surface area contributed by atoms with Crippen LogP contribution in [0, 0.1) is 18.7 Å². The summed E-state index contributed by atoms with van der Waals surface area (Å²) in [6.07, 6.45) is 1.55. The van der Waals surface area contributed by atoms with E-state index in [1.165, 1.54) is 6.07 Å². The van der Waals surface area contributed by atoms with E-state index in [0.717, 1.165) is 22.1 Å². The van der Waals surface area contributed by atoms with Gasteiger partial charge in [-0.1, -0.05) is 6.92 Å². The van der Waals surface area contributed by atoms with Crippen molar-refractivity contribution in [1.82, 2.24) is 14.9 Å². The largest absolute Gasteiger partial charge is 0.458 e. The Morgan fingerprint density at radius 2 is 2.03 bits per heavy atom. The second-order valence-corrected chi connectivity index (χ2v) is 11.2. The zero-order valence-corrected chi connectivity index (χ0v) is 21.6. The molecule has 1 aromatic carbocycles. The number of carbonyl (C=O) groups is 2. The Balaban J connectivity index is 1.45.